The van der Waals surface area contributed by atoms with E-state index in [9.17, 15) is 15.3 Å². The molecule has 1 aromatic carbocycles. The van der Waals surface area contributed by atoms with Crippen LogP contribution in [-0.2, 0) is 0 Å². The first-order valence-electron chi connectivity index (χ1n) is 7.27. The Morgan fingerprint density at radius 3 is 1.77 bits per heavy atom. The van der Waals surface area contributed by atoms with Crippen molar-refractivity contribution in [1.29, 1.82) is 0 Å². The lowest BCUT2D eigenvalue weighted by molar-refractivity contribution is 0.368. The number of phenolic OH excluding ortho intramolecular Hbond substituents is 3. The Morgan fingerprint density at radius 1 is 0.818 bits per heavy atom. The van der Waals surface area contributed by atoms with Crippen molar-refractivity contribution in [3.63, 3.8) is 0 Å². The Kier molecular flexibility index (Phi) is 5.18. The predicted molar refractivity (Wildman–Crippen MR) is 95.8 cm³/mol. The standard InChI is InChI=1S/C18H25BO3/c1-8(2)9(3)10(4)11(5)12(6)14-13(7)16(20)18(22)17(21)15(14)19/h20-22H,1,19H2,2-7H3/b10-9-,12-11+. The molecule has 0 bridgehead atoms. The van der Waals surface area contributed by atoms with E-state index in [1.165, 1.54) is 0 Å². The summed E-state index contributed by atoms with van der Waals surface area (Å²) in [5.74, 6) is -1.01. The van der Waals surface area contributed by atoms with Gasteiger partial charge < -0.3 is 15.3 Å². The highest BCUT2D eigenvalue weighted by Crippen LogP contribution is 2.40. The number of hydrogen-bond acceptors (Lipinski definition) is 3. The Labute approximate surface area is 133 Å². The minimum absolute atomic E-state index is 0.275. The van der Waals surface area contributed by atoms with Gasteiger partial charge in [0.1, 0.15) is 7.85 Å². The van der Waals surface area contributed by atoms with Crippen LogP contribution >= 0.6 is 0 Å². The van der Waals surface area contributed by atoms with Gasteiger partial charge in [-0.05, 0) is 74.9 Å². The Bertz CT molecular complexity index is 681. The summed E-state index contributed by atoms with van der Waals surface area (Å²) in [7, 11) is 1.73. The topological polar surface area (TPSA) is 60.7 Å². The number of benzene rings is 1. The van der Waals surface area contributed by atoms with Crippen molar-refractivity contribution in [2.24, 2.45) is 0 Å². The summed E-state index contributed by atoms with van der Waals surface area (Å²) >= 11 is 0. The smallest absolute Gasteiger partial charge is 0.199 e. The molecular formula is C18H25BO3. The van der Waals surface area contributed by atoms with Crippen LogP contribution in [0.25, 0.3) is 5.57 Å². The molecule has 0 spiro atoms. The number of rotatable bonds is 3. The van der Waals surface area contributed by atoms with Crippen LogP contribution < -0.4 is 5.46 Å². The largest absolute Gasteiger partial charge is 0.505 e. The number of allylic oxidation sites excluding steroid dienone is 5. The molecule has 0 aliphatic carbocycles. The van der Waals surface area contributed by atoms with Crippen LogP contribution in [-0.4, -0.2) is 23.2 Å². The molecular weight excluding hydrogens is 275 g/mol. The maximum Gasteiger partial charge on any atom is 0.199 e. The zero-order chi connectivity index (χ0) is 17.4. The SMILES string of the molecule is Bc1c(O)c(O)c(O)c(C)c1/C(C)=C(C)/C(C)=C(/C)C(=C)C. The first-order valence-corrected chi connectivity index (χ1v) is 7.27. The zero-order valence-electron chi connectivity index (χ0n) is 14.5. The third-order valence-electron chi connectivity index (χ3n) is 4.61. The van der Waals surface area contributed by atoms with Gasteiger partial charge >= 0.3 is 0 Å². The minimum Gasteiger partial charge on any atom is -0.505 e. The van der Waals surface area contributed by atoms with Crippen molar-refractivity contribution >= 4 is 18.9 Å². The average Bonchev–Trinajstić information content (AvgIpc) is 2.48. The second-order valence-corrected chi connectivity index (χ2v) is 5.95. The molecule has 0 aliphatic rings. The maximum atomic E-state index is 10.0. The van der Waals surface area contributed by atoms with Gasteiger partial charge in [-0.25, -0.2) is 0 Å². The molecule has 0 unspecified atom stereocenters. The van der Waals surface area contributed by atoms with E-state index in [-0.39, 0.29) is 11.5 Å². The highest BCUT2D eigenvalue weighted by Gasteiger charge is 2.20. The molecule has 22 heavy (non-hydrogen) atoms. The van der Waals surface area contributed by atoms with Crippen molar-refractivity contribution < 1.29 is 15.3 Å². The molecule has 0 radical (unpaired) electrons. The molecule has 0 fully saturated rings. The van der Waals surface area contributed by atoms with Gasteiger partial charge in [-0.15, -0.1) is 0 Å². The highest BCUT2D eigenvalue weighted by molar-refractivity contribution is 6.37. The third kappa shape index (κ3) is 2.91. The lowest BCUT2D eigenvalue weighted by Crippen LogP contribution is -2.13. The van der Waals surface area contributed by atoms with Crippen LogP contribution in [0, 0.1) is 6.92 Å². The van der Waals surface area contributed by atoms with Crippen LogP contribution in [0.1, 0.15) is 45.7 Å². The number of aromatic hydroxyl groups is 3. The summed E-state index contributed by atoms with van der Waals surface area (Å²) in [4.78, 5) is 0. The summed E-state index contributed by atoms with van der Waals surface area (Å²) in [6.45, 7) is 15.7. The maximum absolute atomic E-state index is 10.0. The molecule has 0 aromatic heterocycles. The molecule has 3 nitrogen and oxygen atoms in total. The van der Waals surface area contributed by atoms with E-state index in [0.29, 0.717) is 11.0 Å². The van der Waals surface area contributed by atoms with Gasteiger partial charge in [0.2, 0.25) is 0 Å². The van der Waals surface area contributed by atoms with E-state index in [1.807, 2.05) is 34.6 Å². The molecule has 0 saturated carbocycles. The summed E-state index contributed by atoms with van der Waals surface area (Å²) in [6, 6.07) is 0. The van der Waals surface area contributed by atoms with Gasteiger partial charge in [-0.3, -0.25) is 0 Å². The summed E-state index contributed by atoms with van der Waals surface area (Å²) in [6.07, 6.45) is 0. The molecule has 3 N–H and O–H groups in total. The minimum atomic E-state index is -0.463. The van der Waals surface area contributed by atoms with E-state index in [0.717, 1.165) is 33.4 Å². The third-order valence-corrected chi connectivity index (χ3v) is 4.61. The highest BCUT2D eigenvalue weighted by atomic mass is 16.3. The first-order chi connectivity index (χ1) is 10.0. The van der Waals surface area contributed by atoms with Gasteiger partial charge in [0, 0.05) is 5.56 Å². The second kappa shape index (κ2) is 6.35. The van der Waals surface area contributed by atoms with Crippen molar-refractivity contribution in [2.45, 2.75) is 41.5 Å². The molecule has 0 saturated heterocycles. The van der Waals surface area contributed by atoms with Gasteiger partial charge in [-0.1, -0.05) is 12.2 Å². The van der Waals surface area contributed by atoms with Crippen LogP contribution in [0.15, 0.2) is 28.9 Å². The van der Waals surface area contributed by atoms with Crippen LogP contribution in [0.3, 0.4) is 0 Å². The Morgan fingerprint density at radius 2 is 1.32 bits per heavy atom. The van der Waals surface area contributed by atoms with Gasteiger partial charge in [-0.2, -0.15) is 0 Å². The summed E-state index contributed by atoms with van der Waals surface area (Å²) in [5.41, 5.74) is 7.16. The fraction of sp³-hybridized carbons (Fsp3) is 0.333. The van der Waals surface area contributed by atoms with Crippen LogP contribution in [0.5, 0.6) is 17.2 Å². The Hall–Kier alpha value is -2.10. The van der Waals surface area contributed by atoms with Gasteiger partial charge in [0.15, 0.2) is 17.2 Å². The normalized spacial score (nSPS) is 13.5. The van der Waals surface area contributed by atoms with E-state index in [2.05, 4.69) is 6.58 Å². The van der Waals surface area contributed by atoms with Crippen molar-refractivity contribution in [2.75, 3.05) is 0 Å². The van der Waals surface area contributed by atoms with E-state index < -0.39 is 5.75 Å². The second-order valence-electron chi connectivity index (χ2n) is 5.95. The molecule has 0 amide bonds. The molecule has 4 heteroatoms. The van der Waals surface area contributed by atoms with Gasteiger partial charge in [0.05, 0.1) is 0 Å². The molecule has 118 valence electrons. The van der Waals surface area contributed by atoms with Crippen molar-refractivity contribution in [1.82, 2.24) is 0 Å². The molecule has 0 heterocycles. The summed E-state index contributed by atoms with van der Waals surface area (Å²) in [5, 5.41) is 29.7. The number of hydrogen-bond donors (Lipinski definition) is 3. The van der Waals surface area contributed by atoms with E-state index in [4.69, 9.17) is 0 Å². The molecule has 1 rings (SSSR count). The lowest BCUT2D eigenvalue weighted by Gasteiger charge is -2.19. The molecule has 0 aliphatic heterocycles. The molecule has 0 atom stereocenters. The fourth-order valence-corrected chi connectivity index (χ4v) is 2.62. The van der Waals surface area contributed by atoms with Gasteiger partial charge in [0.25, 0.3) is 0 Å². The molecule has 1 aromatic rings. The monoisotopic (exact) mass is 300 g/mol. The van der Waals surface area contributed by atoms with E-state index in [1.54, 1.807) is 14.8 Å². The fourth-order valence-electron chi connectivity index (χ4n) is 2.62. The van der Waals surface area contributed by atoms with Crippen molar-refractivity contribution in [3.05, 3.63) is 40.0 Å². The van der Waals surface area contributed by atoms with Crippen molar-refractivity contribution in [3.8, 4) is 17.2 Å². The first kappa shape index (κ1) is 18.0. The number of phenols is 3. The quantitative estimate of drug-likeness (QED) is 0.457. The lowest BCUT2D eigenvalue weighted by atomic mass is 9.80. The van der Waals surface area contributed by atoms with Crippen LogP contribution in [0.4, 0.5) is 0 Å². The predicted octanol–water partition coefficient (Wildman–Crippen LogP) is 3.08. The average molecular weight is 300 g/mol. The zero-order valence-corrected chi connectivity index (χ0v) is 14.5. The van der Waals surface area contributed by atoms with Crippen LogP contribution in [0.2, 0.25) is 0 Å². The summed E-state index contributed by atoms with van der Waals surface area (Å²) < 4.78 is 0. The van der Waals surface area contributed by atoms with E-state index >= 15 is 0 Å². The Balaban J connectivity index is 3.73.